The number of rotatable bonds is 16. The van der Waals surface area contributed by atoms with Crippen molar-refractivity contribution < 1.29 is 72.8 Å². The number of aromatic amines is 1. The number of amides is 9. The first kappa shape index (κ1) is 61.1. The van der Waals surface area contributed by atoms with Gasteiger partial charge in [-0.05, 0) is 48.6 Å². The fourth-order valence-electron chi connectivity index (χ4n) is 10.2. The molecule has 2 bridgehead atoms. The van der Waals surface area contributed by atoms with Gasteiger partial charge in [-0.1, -0.05) is 40.0 Å². The number of fused-ring (bicyclic) bond motifs is 5. The number of aromatic nitrogens is 1. The number of nitrogens with one attached hydrogen (secondary N) is 6. The second-order valence-corrected chi connectivity index (χ2v) is 22.7. The standard InChI is InChI=1S/C52H73N9O15S2/c1-5-26(2)46-49(73)55-21-43(68)56-36-25-78-50-33(31-11-10-30(17-34(31)58-50)76-13-9-7-6-8-12-60-45(70)20-41(77-4)52(60)75)18-35(48(72)54-22-44(69)59-46)57-47(71)32(27(3)40(66)24-62)19-39(65)37-16-29(63)23-61(37)51(74)28(14-38(36)64)15-42(53)67/h10-11,17,26-29,32,35-37,40-41,46,58,62-63,66H,5-9,12-16,18-25H2,1-4H3,(H2,53,67)(H,54,72)(H,55,73)(H,56,68)(H,57,71)(H,59,69)/t26-,27+,28-,29+,32-,35-,36-,37+,40-,41?,46-/m0/s1. The van der Waals surface area contributed by atoms with Crippen LogP contribution in [0.3, 0.4) is 0 Å². The lowest BCUT2D eigenvalue weighted by Gasteiger charge is -2.31. The van der Waals surface area contributed by atoms with Crippen LogP contribution in [0, 0.1) is 23.7 Å². The summed E-state index contributed by atoms with van der Waals surface area (Å²) in [5, 5.41) is 45.4. The minimum absolute atomic E-state index is 0.154. The molecule has 0 spiro atoms. The third-order valence-corrected chi connectivity index (χ3v) is 17.1. The van der Waals surface area contributed by atoms with Crippen LogP contribution in [0.4, 0.5) is 0 Å². The number of primary amides is 1. The predicted octanol–water partition coefficient (Wildman–Crippen LogP) is -1.03. The molecule has 11 N–H and O–H groups in total. The molecule has 9 amide bonds. The van der Waals surface area contributed by atoms with Gasteiger partial charge in [0.25, 0.3) is 0 Å². The number of nitrogens with two attached hydrogens (primary N) is 1. The quantitative estimate of drug-likeness (QED) is 0.0710. The Balaban J connectivity index is 1.40. The Labute approximate surface area is 459 Å². The number of ether oxygens (including phenoxy) is 1. The van der Waals surface area contributed by atoms with Gasteiger partial charge in [-0.15, -0.1) is 11.8 Å². The zero-order chi connectivity index (χ0) is 57.0. The molecule has 26 heteroatoms. The highest BCUT2D eigenvalue weighted by atomic mass is 32.2. The average molecular weight is 1130 g/mol. The van der Waals surface area contributed by atoms with Gasteiger partial charge < -0.3 is 62.3 Å². The molecule has 1 unspecified atom stereocenters. The fourth-order valence-corrected chi connectivity index (χ4v) is 12.0. The lowest BCUT2D eigenvalue weighted by molar-refractivity contribution is -0.145. The molecule has 4 aliphatic rings. The third-order valence-electron chi connectivity index (χ3n) is 15.1. The Morgan fingerprint density at radius 2 is 1.56 bits per heavy atom. The molecule has 0 saturated carbocycles. The lowest BCUT2D eigenvalue weighted by Crippen LogP contribution is -2.56. The average Bonchev–Trinajstić information content (AvgIpc) is 4.08. The number of unbranched alkanes of at least 4 members (excludes halogenated alkanes) is 3. The van der Waals surface area contributed by atoms with E-state index in [2.05, 4.69) is 31.6 Å². The van der Waals surface area contributed by atoms with Crippen LogP contribution in [0.5, 0.6) is 5.75 Å². The molecule has 1 aromatic heterocycles. The number of imide groups is 1. The fraction of sp³-hybridized carbons (Fsp3) is 0.635. The van der Waals surface area contributed by atoms with E-state index in [1.54, 1.807) is 32.0 Å². The van der Waals surface area contributed by atoms with E-state index in [0.717, 1.165) is 29.5 Å². The van der Waals surface area contributed by atoms with Crippen LogP contribution in [0.2, 0.25) is 0 Å². The van der Waals surface area contributed by atoms with Gasteiger partial charge in [0.15, 0.2) is 11.6 Å². The van der Waals surface area contributed by atoms with Crippen molar-refractivity contribution >= 4 is 99.2 Å². The van der Waals surface area contributed by atoms with Gasteiger partial charge >= 0.3 is 0 Å². The first-order valence-electron chi connectivity index (χ1n) is 26.5. The monoisotopic (exact) mass is 1130 g/mol. The first-order chi connectivity index (χ1) is 37.1. The van der Waals surface area contributed by atoms with Crippen molar-refractivity contribution in [1.29, 1.82) is 0 Å². The van der Waals surface area contributed by atoms with E-state index in [1.165, 1.54) is 23.6 Å². The Kier molecular flexibility index (Phi) is 22.1. The van der Waals surface area contributed by atoms with E-state index in [0.29, 0.717) is 59.7 Å². The summed E-state index contributed by atoms with van der Waals surface area (Å²) < 4.78 is 6.14. The van der Waals surface area contributed by atoms with Crippen LogP contribution in [0.1, 0.15) is 90.5 Å². The number of carbonyl (C=O) groups is 11. The Hall–Kier alpha value is -6.09. The molecular formula is C52H73N9O15S2. The van der Waals surface area contributed by atoms with Crippen LogP contribution in [-0.4, -0.2) is 188 Å². The van der Waals surface area contributed by atoms with Crippen LogP contribution >= 0.6 is 23.5 Å². The molecule has 5 heterocycles. The second-order valence-electron chi connectivity index (χ2n) is 20.6. The number of benzene rings is 1. The summed E-state index contributed by atoms with van der Waals surface area (Å²) in [6.07, 6.45) is -0.200. The number of thioether (sulfide) groups is 2. The summed E-state index contributed by atoms with van der Waals surface area (Å²) >= 11 is 2.40. The van der Waals surface area contributed by atoms with Gasteiger partial charge in [-0.25, -0.2) is 0 Å². The highest BCUT2D eigenvalue weighted by molar-refractivity contribution is 8.00. The SMILES string of the molecule is CC[C@H](C)[C@@H]1NC(=O)CNC(=O)[C@@H]2Cc3c([nH]c4cc(OCCCCCCN5C(=O)CC(SC)C5=O)ccc34)SC[C@H](NC(=O)CNC1=O)C(=O)C[C@@H](CC(N)=O)C(=O)N1C[C@H](O)C[C@@H]1C(=O)C[C@@H]([C@@H](C)[C@@H](O)CO)C(=O)N2. The number of likely N-dealkylation sites (tertiary alicyclic amines) is 1. The topological polar surface area (TPSA) is 366 Å². The molecule has 2 aromatic rings. The van der Waals surface area contributed by atoms with Crippen molar-refractivity contribution in [3.8, 4) is 5.75 Å². The molecule has 0 radical (unpaired) electrons. The van der Waals surface area contributed by atoms with Crippen molar-refractivity contribution in [3.63, 3.8) is 0 Å². The van der Waals surface area contributed by atoms with Crippen molar-refractivity contribution in [2.45, 2.75) is 138 Å². The van der Waals surface area contributed by atoms with E-state index in [9.17, 15) is 68.1 Å². The summed E-state index contributed by atoms with van der Waals surface area (Å²) in [6, 6.07) is -0.399. The molecule has 428 valence electrons. The number of nitrogens with zero attached hydrogens (tertiary/aromatic N) is 2. The first-order valence-corrected chi connectivity index (χ1v) is 28.7. The Bertz CT molecular complexity index is 2600. The Morgan fingerprint density at radius 3 is 2.24 bits per heavy atom. The summed E-state index contributed by atoms with van der Waals surface area (Å²) in [5.74, 6) is -12.2. The van der Waals surface area contributed by atoms with Crippen LogP contribution in [-0.2, 0) is 59.2 Å². The summed E-state index contributed by atoms with van der Waals surface area (Å²) in [6.45, 7) is 3.01. The van der Waals surface area contributed by atoms with Gasteiger partial charge in [-0.2, -0.15) is 11.8 Å². The molecule has 6 rings (SSSR count). The maximum absolute atomic E-state index is 14.8. The van der Waals surface area contributed by atoms with Gasteiger partial charge in [0.05, 0.1) is 72.3 Å². The van der Waals surface area contributed by atoms with Crippen LogP contribution in [0.15, 0.2) is 23.2 Å². The minimum atomic E-state index is -1.56. The Morgan fingerprint density at radius 1 is 0.859 bits per heavy atom. The van der Waals surface area contributed by atoms with Crippen molar-refractivity contribution in [1.82, 2.24) is 41.4 Å². The largest absolute Gasteiger partial charge is 0.494 e. The van der Waals surface area contributed by atoms with E-state index in [4.69, 9.17) is 10.5 Å². The van der Waals surface area contributed by atoms with Gasteiger partial charge in [-0.3, -0.25) is 57.6 Å². The zero-order valence-electron chi connectivity index (χ0n) is 44.3. The molecule has 4 aliphatic heterocycles. The number of H-pyrrole nitrogens is 1. The highest BCUT2D eigenvalue weighted by Gasteiger charge is 2.45. The summed E-state index contributed by atoms with van der Waals surface area (Å²) in [4.78, 5) is 157. The van der Waals surface area contributed by atoms with Crippen LogP contribution < -0.4 is 37.1 Å². The molecule has 0 aliphatic carbocycles. The van der Waals surface area contributed by atoms with E-state index < -0.39 is 158 Å². The lowest BCUT2D eigenvalue weighted by atomic mass is 9.83. The smallest absolute Gasteiger partial charge is 0.243 e. The number of aliphatic hydroxyl groups excluding tert-OH is 3. The van der Waals surface area contributed by atoms with Gasteiger partial charge in [0.1, 0.15) is 17.8 Å². The number of carbonyl (C=O) groups excluding carboxylic acids is 11. The molecule has 78 heavy (non-hydrogen) atoms. The van der Waals surface area contributed by atoms with E-state index in [-0.39, 0.29) is 42.1 Å². The number of hydrogen-bond acceptors (Lipinski definition) is 17. The maximum Gasteiger partial charge on any atom is 0.243 e. The van der Waals surface area contributed by atoms with E-state index in [1.807, 2.05) is 6.26 Å². The van der Waals surface area contributed by atoms with E-state index >= 15 is 0 Å². The summed E-state index contributed by atoms with van der Waals surface area (Å²) in [7, 11) is 0. The molecule has 24 nitrogen and oxygen atoms in total. The molecule has 2 saturated heterocycles. The minimum Gasteiger partial charge on any atom is -0.494 e. The zero-order valence-corrected chi connectivity index (χ0v) is 46.0. The van der Waals surface area contributed by atoms with Gasteiger partial charge in [0.2, 0.25) is 53.2 Å². The van der Waals surface area contributed by atoms with Crippen molar-refractivity contribution in [3.05, 3.63) is 23.8 Å². The molecule has 1 aromatic carbocycles. The predicted molar refractivity (Wildman–Crippen MR) is 285 cm³/mol. The number of aliphatic hydroxyl groups is 3. The van der Waals surface area contributed by atoms with Crippen molar-refractivity contribution in [2.75, 3.05) is 51.4 Å². The second kappa shape index (κ2) is 28.2. The van der Waals surface area contributed by atoms with Gasteiger partial charge in [0, 0.05) is 74.7 Å². The normalized spacial score (nSPS) is 26.8. The third kappa shape index (κ3) is 15.6. The molecule has 11 atom stereocenters. The molecule has 2 fully saturated rings. The van der Waals surface area contributed by atoms with Crippen molar-refractivity contribution in [2.24, 2.45) is 29.4 Å². The molecular weight excluding hydrogens is 1050 g/mol. The van der Waals surface area contributed by atoms with Crippen LogP contribution in [0.25, 0.3) is 10.9 Å². The number of ketones is 2. The number of hydrogen-bond donors (Lipinski definition) is 10. The highest BCUT2D eigenvalue weighted by Crippen LogP contribution is 2.35. The maximum atomic E-state index is 14.8. The summed E-state index contributed by atoms with van der Waals surface area (Å²) in [5.41, 5.74) is 6.53. The number of Topliss-reactive ketones (excluding diaryl/α,β-unsaturated/α-hetero) is 2.